The first-order chi connectivity index (χ1) is 8.74. The van der Waals surface area contributed by atoms with Crippen molar-refractivity contribution in [1.82, 2.24) is 0 Å². The van der Waals surface area contributed by atoms with Gasteiger partial charge in [0.05, 0.1) is 12.2 Å². The van der Waals surface area contributed by atoms with Crippen LogP contribution < -0.4 is 0 Å². The molecule has 2 heterocycles. The molecule has 4 nitrogen and oxygen atoms in total. The summed E-state index contributed by atoms with van der Waals surface area (Å²) in [5, 5.41) is 0. The second-order valence-corrected chi connectivity index (χ2v) is 5.92. The van der Waals surface area contributed by atoms with Crippen molar-refractivity contribution in [2.24, 2.45) is 11.8 Å². The van der Waals surface area contributed by atoms with Crippen molar-refractivity contribution in [2.45, 2.75) is 43.8 Å². The molecule has 4 heteroatoms. The molecule has 0 radical (unpaired) electrons. The Balaban J connectivity index is 1.65. The molecule has 0 aromatic carbocycles. The van der Waals surface area contributed by atoms with Crippen molar-refractivity contribution < 1.29 is 19.0 Å². The van der Waals surface area contributed by atoms with Gasteiger partial charge in [0.15, 0.2) is 5.78 Å². The minimum Gasteiger partial charge on any atom is -0.378 e. The molecule has 2 aliphatic heterocycles. The minimum absolute atomic E-state index is 0.103. The highest BCUT2D eigenvalue weighted by atomic mass is 16.6. The molecule has 3 atom stereocenters. The summed E-state index contributed by atoms with van der Waals surface area (Å²) in [5.41, 5.74) is -0.180. The number of carbonyl (C=O) groups excluding carboxylic acids is 1. The standard InChI is InChI=1S/C14H22O4/c1-16-13(10-2-3-10)12(15)11-4-6-18-14(8-11)5-7-17-9-14/h10-11,13H,2-9H2,1H3. The number of methoxy groups -OCH3 is 1. The molecule has 102 valence electrons. The van der Waals surface area contributed by atoms with Gasteiger partial charge < -0.3 is 14.2 Å². The van der Waals surface area contributed by atoms with Crippen LogP contribution in [0.2, 0.25) is 0 Å². The first-order valence-corrected chi connectivity index (χ1v) is 7.02. The van der Waals surface area contributed by atoms with E-state index in [0.717, 1.165) is 38.7 Å². The van der Waals surface area contributed by atoms with Gasteiger partial charge in [0, 0.05) is 32.7 Å². The second-order valence-electron chi connectivity index (χ2n) is 5.92. The van der Waals surface area contributed by atoms with Crippen LogP contribution in [0.5, 0.6) is 0 Å². The Bertz CT molecular complexity index is 318. The molecule has 3 fully saturated rings. The number of rotatable bonds is 4. The topological polar surface area (TPSA) is 44.8 Å². The van der Waals surface area contributed by atoms with E-state index in [4.69, 9.17) is 14.2 Å². The van der Waals surface area contributed by atoms with E-state index in [9.17, 15) is 4.79 Å². The van der Waals surface area contributed by atoms with Crippen LogP contribution >= 0.6 is 0 Å². The van der Waals surface area contributed by atoms with Crippen LogP contribution in [0, 0.1) is 11.8 Å². The van der Waals surface area contributed by atoms with E-state index in [-0.39, 0.29) is 17.6 Å². The molecule has 0 N–H and O–H groups in total. The Hall–Kier alpha value is -0.450. The van der Waals surface area contributed by atoms with Crippen LogP contribution in [0.1, 0.15) is 32.1 Å². The summed E-state index contributed by atoms with van der Waals surface area (Å²) in [6, 6.07) is 0. The van der Waals surface area contributed by atoms with E-state index >= 15 is 0 Å². The van der Waals surface area contributed by atoms with Crippen LogP contribution in [0.3, 0.4) is 0 Å². The summed E-state index contributed by atoms with van der Waals surface area (Å²) < 4.78 is 16.7. The van der Waals surface area contributed by atoms with E-state index < -0.39 is 0 Å². The number of hydrogen-bond donors (Lipinski definition) is 0. The monoisotopic (exact) mass is 254 g/mol. The van der Waals surface area contributed by atoms with Crippen LogP contribution in [0.4, 0.5) is 0 Å². The van der Waals surface area contributed by atoms with Crippen molar-refractivity contribution in [1.29, 1.82) is 0 Å². The van der Waals surface area contributed by atoms with Crippen LogP contribution in [-0.2, 0) is 19.0 Å². The van der Waals surface area contributed by atoms with E-state index in [2.05, 4.69) is 0 Å². The van der Waals surface area contributed by atoms with Crippen LogP contribution in [-0.4, -0.2) is 44.4 Å². The molecule has 1 saturated carbocycles. The van der Waals surface area contributed by atoms with Crippen LogP contribution in [0.25, 0.3) is 0 Å². The normalized spacial score (nSPS) is 37.9. The highest BCUT2D eigenvalue weighted by Gasteiger charge is 2.46. The highest BCUT2D eigenvalue weighted by Crippen LogP contribution is 2.40. The quantitative estimate of drug-likeness (QED) is 0.764. The Labute approximate surface area is 108 Å². The summed E-state index contributed by atoms with van der Waals surface area (Å²) in [5.74, 6) is 0.877. The second kappa shape index (κ2) is 4.91. The van der Waals surface area contributed by atoms with Gasteiger partial charge >= 0.3 is 0 Å². The zero-order valence-corrected chi connectivity index (χ0v) is 11.0. The van der Waals surface area contributed by atoms with Crippen molar-refractivity contribution in [3.8, 4) is 0 Å². The van der Waals surface area contributed by atoms with E-state index in [1.807, 2.05) is 0 Å². The van der Waals surface area contributed by atoms with Gasteiger partial charge in [-0.3, -0.25) is 4.79 Å². The molecule has 3 aliphatic rings. The molecule has 3 rings (SSSR count). The molecule has 0 bridgehead atoms. The lowest BCUT2D eigenvalue weighted by molar-refractivity contribution is -0.147. The van der Waals surface area contributed by atoms with Crippen molar-refractivity contribution in [3.05, 3.63) is 0 Å². The SMILES string of the molecule is COC(C(=O)C1CCOC2(CCOC2)C1)C1CC1. The van der Waals surface area contributed by atoms with Gasteiger partial charge in [-0.1, -0.05) is 0 Å². The third-order valence-corrected chi connectivity index (χ3v) is 4.55. The fourth-order valence-electron chi connectivity index (χ4n) is 3.31. The lowest BCUT2D eigenvalue weighted by Crippen LogP contribution is -2.45. The Kier molecular flexibility index (Phi) is 3.43. The number of carbonyl (C=O) groups is 1. The Morgan fingerprint density at radius 2 is 2.17 bits per heavy atom. The summed E-state index contributed by atoms with van der Waals surface area (Å²) in [7, 11) is 1.66. The summed E-state index contributed by atoms with van der Waals surface area (Å²) in [6.45, 7) is 2.09. The molecule has 1 aliphatic carbocycles. The predicted octanol–water partition coefficient (Wildman–Crippen LogP) is 1.57. The average Bonchev–Trinajstić information content (AvgIpc) is 3.13. The lowest BCUT2D eigenvalue weighted by atomic mass is 9.81. The van der Waals surface area contributed by atoms with E-state index in [0.29, 0.717) is 24.9 Å². The van der Waals surface area contributed by atoms with E-state index in [1.54, 1.807) is 7.11 Å². The third kappa shape index (κ3) is 2.33. The molecule has 0 aromatic heterocycles. The smallest absolute Gasteiger partial charge is 0.165 e. The zero-order chi connectivity index (χ0) is 12.6. The largest absolute Gasteiger partial charge is 0.378 e. The molecular weight excluding hydrogens is 232 g/mol. The number of hydrogen-bond acceptors (Lipinski definition) is 4. The fraction of sp³-hybridized carbons (Fsp3) is 0.929. The Morgan fingerprint density at radius 3 is 2.78 bits per heavy atom. The van der Waals surface area contributed by atoms with Crippen LogP contribution in [0.15, 0.2) is 0 Å². The molecule has 0 aromatic rings. The van der Waals surface area contributed by atoms with Gasteiger partial charge in [-0.25, -0.2) is 0 Å². The molecule has 3 unspecified atom stereocenters. The summed E-state index contributed by atoms with van der Waals surface area (Å²) in [6.07, 6.45) is 4.69. The van der Waals surface area contributed by atoms with Crippen molar-refractivity contribution in [2.75, 3.05) is 26.9 Å². The lowest BCUT2D eigenvalue weighted by Gasteiger charge is -2.37. The molecular formula is C14H22O4. The highest BCUT2D eigenvalue weighted by molar-refractivity contribution is 5.86. The zero-order valence-electron chi connectivity index (χ0n) is 11.0. The number of Topliss-reactive ketones (excluding diaryl/α,β-unsaturated/α-hetero) is 1. The van der Waals surface area contributed by atoms with Gasteiger partial charge in [0.25, 0.3) is 0 Å². The number of ether oxygens (including phenoxy) is 3. The maximum atomic E-state index is 12.5. The third-order valence-electron chi connectivity index (χ3n) is 4.55. The van der Waals surface area contributed by atoms with Gasteiger partial charge in [0.2, 0.25) is 0 Å². The van der Waals surface area contributed by atoms with Crippen molar-refractivity contribution >= 4 is 5.78 Å². The predicted molar refractivity (Wildman–Crippen MR) is 65.4 cm³/mol. The fourth-order valence-corrected chi connectivity index (χ4v) is 3.31. The molecule has 18 heavy (non-hydrogen) atoms. The summed E-state index contributed by atoms with van der Waals surface area (Å²) >= 11 is 0. The first kappa shape index (κ1) is 12.6. The van der Waals surface area contributed by atoms with Gasteiger partial charge in [-0.15, -0.1) is 0 Å². The van der Waals surface area contributed by atoms with Gasteiger partial charge in [-0.05, 0) is 31.6 Å². The van der Waals surface area contributed by atoms with E-state index in [1.165, 1.54) is 0 Å². The maximum Gasteiger partial charge on any atom is 0.165 e. The molecule has 0 amide bonds. The summed E-state index contributed by atoms with van der Waals surface area (Å²) in [4.78, 5) is 12.5. The average molecular weight is 254 g/mol. The first-order valence-electron chi connectivity index (χ1n) is 7.02. The van der Waals surface area contributed by atoms with Gasteiger partial charge in [-0.2, -0.15) is 0 Å². The maximum absolute atomic E-state index is 12.5. The number of ketones is 1. The van der Waals surface area contributed by atoms with Crippen molar-refractivity contribution in [3.63, 3.8) is 0 Å². The minimum atomic E-state index is -0.180. The molecule has 1 spiro atoms. The molecule has 2 saturated heterocycles. The Morgan fingerprint density at radius 1 is 1.33 bits per heavy atom. The van der Waals surface area contributed by atoms with Gasteiger partial charge in [0.1, 0.15) is 6.10 Å².